The van der Waals surface area contributed by atoms with Crippen LogP contribution in [0.3, 0.4) is 0 Å². The minimum atomic E-state index is -3.54. The zero-order valence-electron chi connectivity index (χ0n) is 9.18. The lowest BCUT2D eigenvalue weighted by atomic mass is 10.4. The third-order valence-corrected chi connectivity index (χ3v) is 5.89. The molecule has 0 aliphatic carbocycles. The molecule has 2 aromatic rings. The van der Waals surface area contributed by atoms with Crippen LogP contribution in [0, 0.1) is 0 Å². The Kier molecular flexibility index (Phi) is 4.17. The Labute approximate surface area is 117 Å². The van der Waals surface area contributed by atoms with Gasteiger partial charge in [-0.25, -0.2) is 13.1 Å². The molecule has 4 N–H and O–H groups in total. The second kappa shape index (κ2) is 5.49. The fourth-order valence-electron chi connectivity index (χ4n) is 1.31. The van der Waals surface area contributed by atoms with E-state index in [9.17, 15) is 8.42 Å². The molecular formula is C9H11BrN4O2S2. The summed E-state index contributed by atoms with van der Waals surface area (Å²) in [6.45, 7) is 0.513. The zero-order valence-corrected chi connectivity index (χ0v) is 12.4. The van der Waals surface area contributed by atoms with Gasteiger partial charge in [-0.3, -0.25) is 5.10 Å². The van der Waals surface area contributed by atoms with Crippen LogP contribution < -0.4 is 10.5 Å². The molecule has 0 saturated heterocycles. The van der Waals surface area contributed by atoms with Gasteiger partial charge in [0.25, 0.3) is 0 Å². The first-order chi connectivity index (χ1) is 8.53. The summed E-state index contributed by atoms with van der Waals surface area (Å²) < 4.78 is 27.2. The van der Waals surface area contributed by atoms with Crippen molar-refractivity contribution in [3.05, 3.63) is 32.7 Å². The minimum absolute atomic E-state index is 0.194. The van der Waals surface area contributed by atoms with Gasteiger partial charge in [0.2, 0.25) is 10.0 Å². The molecule has 2 rings (SSSR count). The predicted octanol–water partition coefficient (Wildman–Crippen LogP) is 1.17. The Balaban J connectivity index is 2.17. The molecule has 0 fully saturated rings. The summed E-state index contributed by atoms with van der Waals surface area (Å²) in [5.41, 5.74) is 6.26. The van der Waals surface area contributed by atoms with Crippen molar-refractivity contribution in [2.24, 2.45) is 5.73 Å². The van der Waals surface area contributed by atoms with Crippen molar-refractivity contribution in [2.75, 3.05) is 0 Å². The van der Waals surface area contributed by atoms with Crippen molar-refractivity contribution in [3.63, 3.8) is 0 Å². The largest absolute Gasteiger partial charge is 0.326 e. The molecule has 0 spiro atoms. The van der Waals surface area contributed by atoms with Gasteiger partial charge in [-0.1, -0.05) is 0 Å². The van der Waals surface area contributed by atoms with Crippen LogP contribution in [0.15, 0.2) is 27.1 Å². The third kappa shape index (κ3) is 2.98. The number of nitrogens with one attached hydrogen (secondary N) is 2. The molecule has 0 saturated carbocycles. The molecule has 9 heteroatoms. The number of thiophene rings is 1. The Morgan fingerprint density at radius 2 is 2.33 bits per heavy atom. The number of H-pyrrole nitrogens is 1. The van der Waals surface area contributed by atoms with E-state index < -0.39 is 10.0 Å². The van der Waals surface area contributed by atoms with E-state index in [0.717, 1.165) is 10.4 Å². The van der Waals surface area contributed by atoms with Crippen LogP contribution in [0.4, 0.5) is 0 Å². The van der Waals surface area contributed by atoms with E-state index >= 15 is 0 Å². The van der Waals surface area contributed by atoms with Gasteiger partial charge >= 0.3 is 0 Å². The third-order valence-electron chi connectivity index (χ3n) is 2.22. The maximum absolute atomic E-state index is 12.1. The van der Waals surface area contributed by atoms with Crippen LogP contribution in [-0.2, 0) is 23.1 Å². The molecule has 2 heterocycles. The van der Waals surface area contributed by atoms with Gasteiger partial charge in [-0.15, -0.1) is 11.3 Å². The number of halogens is 1. The van der Waals surface area contributed by atoms with Gasteiger partial charge in [0, 0.05) is 29.7 Å². The van der Waals surface area contributed by atoms with Gasteiger partial charge in [0.15, 0.2) is 0 Å². The lowest BCUT2D eigenvalue weighted by Gasteiger charge is -2.03. The van der Waals surface area contributed by atoms with Crippen LogP contribution in [0.25, 0.3) is 0 Å². The SMILES string of the molecule is NCc1cc(S(=O)(=O)NCc2cn[nH]c2)c(Br)s1. The first-order valence-corrected chi connectivity index (χ1v) is 8.08. The molecule has 0 atom stereocenters. The van der Waals surface area contributed by atoms with Crippen molar-refractivity contribution in [1.29, 1.82) is 0 Å². The molecule has 0 radical (unpaired) electrons. The number of sulfonamides is 1. The molecule has 0 aliphatic rings. The number of aromatic amines is 1. The van der Waals surface area contributed by atoms with Gasteiger partial charge < -0.3 is 5.73 Å². The van der Waals surface area contributed by atoms with Crippen LogP contribution >= 0.6 is 27.3 Å². The highest BCUT2D eigenvalue weighted by Crippen LogP contribution is 2.31. The Hall–Kier alpha value is -0.740. The standard InChI is InChI=1S/C9H11BrN4O2S2/c10-9-8(1-7(2-11)17-9)18(15,16)14-5-6-3-12-13-4-6/h1,3-4,14H,2,5,11H2,(H,12,13). The topological polar surface area (TPSA) is 101 Å². The summed E-state index contributed by atoms with van der Waals surface area (Å²) in [4.78, 5) is 1.03. The maximum atomic E-state index is 12.1. The van der Waals surface area contributed by atoms with E-state index in [1.165, 1.54) is 11.3 Å². The molecule has 18 heavy (non-hydrogen) atoms. The molecule has 2 aromatic heterocycles. The van der Waals surface area contributed by atoms with E-state index in [1.807, 2.05) is 0 Å². The average molecular weight is 351 g/mol. The highest BCUT2D eigenvalue weighted by atomic mass is 79.9. The quantitative estimate of drug-likeness (QED) is 0.753. The minimum Gasteiger partial charge on any atom is -0.326 e. The number of rotatable bonds is 5. The fourth-order valence-corrected chi connectivity index (χ4v) is 4.89. The number of hydrogen-bond acceptors (Lipinski definition) is 5. The number of aromatic nitrogens is 2. The van der Waals surface area contributed by atoms with Gasteiger partial charge in [-0.2, -0.15) is 5.10 Å². The summed E-state index contributed by atoms with van der Waals surface area (Å²) in [7, 11) is -3.54. The smallest absolute Gasteiger partial charge is 0.242 e. The van der Waals surface area contributed by atoms with Crippen LogP contribution in [0.5, 0.6) is 0 Å². The van der Waals surface area contributed by atoms with Crippen molar-refractivity contribution >= 4 is 37.3 Å². The summed E-state index contributed by atoms with van der Waals surface area (Å²) in [5, 5.41) is 6.37. The summed E-state index contributed by atoms with van der Waals surface area (Å²) in [6.07, 6.45) is 3.20. The van der Waals surface area contributed by atoms with Crippen LogP contribution in [0.1, 0.15) is 10.4 Å². The summed E-state index contributed by atoms with van der Waals surface area (Å²) >= 11 is 4.56. The van der Waals surface area contributed by atoms with E-state index in [1.54, 1.807) is 18.5 Å². The maximum Gasteiger partial charge on any atom is 0.242 e. The molecule has 0 bridgehead atoms. The van der Waals surface area contributed by atoms with Crippen LogP contribution in [0.2, 0.25) is 0 Å². The van der Waals surface area contributed by atoms with Gasteiger partial charge in [-0.05, 0) is 22.0 Å². The monoisotopic (exact) mass is 350 g/mol. The second-order valence-corrected chi connectivity index (χ2v) is 7.68. The Bertz CT molecular complexity index is 621. The van der Waals surface area contributed by atoms with E-state index in [-0.39, 0.29) is 11.4 Å². The van der Waals surface area contributed by atoms with Crippen LogP contribution in [-0.4, -0.2) is 18.6 Å². The fraction of sp³-hybridized carbons (Fsp3) is 0.222. The second-order valence-electron chi connectivity index (χ2n) is 3.49. The first kappa shape index (κ1) is 13.7. The predicted molar refractivity (Wildman–Crippen MR) is 72.5 cm³/mol. The van der Waals surface area contributed by atoms with Crippen molar-refractivity contribution in [3.8, 4) is 0 Å². The first-order valence-electron chi connectivity index (χ1n) is 4.98. The van der Waals surface area contributed by atoms with E-state index in [4.69, 9.17) is 5.73 Å². The van der Waals surface area contributed by atoms with E-state index in [0.29, 0.717) is 10.3 Å². The van der Waals surface area contributed by atoms with Crippen molar-refractivity contribution in [2.45, 2.75) is 18.0 Å². The molecule has 6 nitrogen and oxygen atoms in total. The Morgan fingerprint density at radius 3 is 2.89 bits per heavy atom. The van der Waals surface area contributed by atoms with Crippen molar-refractivity contribution in [1.82, 2.24) is 14.9 Å². The molecule has 0 unspecified atom stereocenters. The molecule has 0 aliphatic heterocycles. The number of hydrogen-bond donors (Lipinski definition) is 3. The molecular weight excluding hydrogens is 340 g/mol. The number of nitrogens with zero attached hydrogens (tertiary/aromatic N) is 1. The van der Waals surface area contributed by atoms with Crippen molar-refractivity contribution < 1.29 is 8.42 Å². The zero-order chi connectivity index (χ0) is 13.2. The average Bonchev–Trinajstić information content (AvgIpc) is 2.95. The lowest BCUT2D eigenvalue weighted by Crippen LogP contribution is -2.22. The molecule has 98 valence electrons. The number of nitrogens with two attached hydrogens (primary N) is 1. The highest BCUT2D eigenvalue weighted by molar-refractivity contribution is 9.11. The normalized spacial score (nSPS) is 11.9. The summed E-state index contributed by atoms with van der Waals surface area (Å²) in [5.74, 6) is 0. The van der Waals surface area contributed by atoms with Gasteiger partial charge in [0.1, 0.15) is 4.90 Å². The summed E-state index contributed by atoms with van der Waals surface area (Å²) in [6, 6.07) is 1.58. The highest BCUT2D eigenvalue weighted by Gasteiger charge is 2.20. The Morgan fingerprint density at radius 1 is 1.56 bits per heavy atom. The lowest BCUT2D eigenvalue weighted by molar-refractivity contribution is 0.581. The molecule has 0 aromatic carbocycles. The van der Waals surface area contributed by atoms with Gasteiger partial charge in [0.05, 0.1) is 9.98 Å². The molecule has 0 amide bonds. The van der Waals surface area contributed by atoms with E-state index in [2.05, 4.69) is 30.8 Å².